The van der Waals surface area contributed by atoms with Gasteiger partial charge in [-0.25, -0.2) is 9.97 Å². The third-order valence-electron chi connectivity index (χ3n) is 6.78. The fourth-order valence-electron chi connectivity index (χ4n) is 4.58. The first kappa shape index (κ1) is 25.4. The highest BCUT2D eigenvalue weighted by Gasteiger charge is 2.25. The highest BCUT2D eigenvalue weighted by Crippen LogP contribution is 2.22. The van der Waals surface area contributed by atoms with Crippen LogP contribution in [0.5, 0.6) is 0 Å². The van der Waals surface area contributed by atoms with Crippen LogP contribution in [0.1, 0.15) is 46.0 Å². The van der Waals surface area contributed by atoms with Gasteiger partial charge >= 0.3 is 0 Å². The minimum absolute atomic E-state index is 0.0140. The Hall–Kier alpha value is -5.83. The number of aromatic nitrogens is 8. The van der Waals surface area contributed by atoms with Crippen LogP contribution < -0.4 is 16.6 Å². The van der Waals surface area contributed by atoms with E-state index in [0.717, 1.165) is 11.3 Å². The smallest absolute Gasteiger partial charge is 0.267 e. The molecule has 6 rings (SSSR count). The van der Waals surface area contributed by atoms with Crippen molar-refractivity contribution >= 4 is 28.3 Å². The van der Waals surface area contributed by atoms with Crippen molar-refractivity contribution in [2.75, 3.05) is 5.73 Å². The number of nitrogens with two attached hydrogens (primary N) is 1. The second kappa shape index (κ2) is 10.0. The average Bonchev–Trinajstić information content (AvgIpc) is 3.49. The molecule has 0 radical (unpaired) electrons. The summed E-state index contributed by atoms with van der Waals surface area (Å²) in [4.78, 5) is 36.6. The van der Waals surface area contributed by atoms with Gasteiger partial charge in [-0.15, -0.1) is 9.73 Å². The standard InChI is InChI=1S/C29H24N10O2/c1-17(34-28(40)24-25(30)36-39-27(24)31-14-15-32-39)26-35-22-11-7-8-19(12-13-20-16-33-37(3)18(20)2)23(22)29(41)38(26)21-9-5-4-6-10-21/h4-11,14-17H,1-3H3,(H2,30,36)(H,34,40)/t17-/m0/s1. The predicted octanol–water partition coefficient (Wildman–Crippen LogP) is 2.34. The molecular formula is C29H24N10O2. The van der Waals surface area contributed by atoms with E-state index in [4.69, 9.17) is 10.7 Å². The van der Waals surface area contributed by atoms with E-state index < -0.39 is 11.9 Å². The normalized spacial score (nSPS) is 11.8. The van der Waals surface area contributed by atoms with Gasteiger partial charge in [-0.1, -0.05) is 36.1 Å². The summed E-state index contributed by atoms with van der Waals surface area (Å²) in [5, 5.41) is 15.6. The zero-order chi connectivity index (χ0) is 28.7. The number of carbonyl (C=O) groups excluding carboxylic acids is 1. The number of aryl methyl sites for hydroxylation is 1. The van der Waals surface area contributed by atoms with E-state index in [9.17, 15) is 9.59 Å². The molecule has 12 nitrogen and oxygen atoms in total. The van der Waals surface area contributed by atoms with Crippen molar-refractivity contribution < 1.29 is 4.79 Å². The summed E-state index contributed by atoms with van der Waals surface area (Å²) >= 11 is 0. The lowest BCUT2D eigenvalue weighted by Crippen LogP contribution is -2.33. The van der Waals surface area contributed by atoms with E-state index in [-0.39, 0.29) is 22.6 Å². The summed E-state index contributed by atoms with van der Waals surface area (Å²) in [5.41, 5.74) is 9.28. The Morgan fingerprint density at radius 1 is 1.02 bits per heavy atom. The van der Waals surface area contributed by atoms with E-state index in [1.54, 1.807) is 48.1 Å². The number of hydrogen-bond donors (Lipinski definition) is 2. The molecule has 0 aliphatic carbocycles. The van der Waals surface area contributed by atoms with Gasteiger partial charge in [-0.3, -0.25) is 18.8 Å². The maximum absolute atomic E-state index is 14.2. The van der Waals surface area contributed by atoms with Crippen LogP contribution >= 0.6 is 0 Å². The number of para-hydroxylation sites is 1. The van der Waals surface area contributed by atoms with Gasteiger partial charge in [0, 0.05) is 18.8 Å². The summed E-state index contributed by atoms with van der Waals surface area (Å²) in [6.07, 6.45) is 4.58. The van der Waals surface area contributed by atoms with E-state index in [1.807, 2.05) is 32.2 Å². The minimum atomic E-state index is -0.710. The molecule has 4 heterocycles. The Morgan fingerprint density at radius 2 is 1.80 bits per heavy atom. The van der Waals surface area contributed by atoms with Gasteiger partial charge in [0.15, 0.2) is 11.5 Å². The second-order valence-electron chi connectivity index (χ2n) is 9.37. The number of rotatable bonds is 4. The Kier molecular flexibility index (Phi) is 6.24. The number of anilines is 1. The summed E-state index contributed by atoms with van der Waals surface area (Å²) in [5.74, 6) is 6.06. The SMILES string of the molecule is Cc1c(C#Cc2cccc3nc([C@H](C)NC(=O)c4c(N)nn5nccnc45)n(-c4ccccc4)c(=O)c23)cnn1C. The molecule has 1 amide bonds. The van der Waals surface area contributed by atoms with E-state index in [0.29, 0.717) is 28.0 Å². The van der Waals surface area contributed by atoms with Crippen LogP contribution in [0.25, 0.3) is 22.2 Å². The quantitative estimate of drug-likeness (QED) is 0.321. The number of nitrogens with one attached hydrogen (secondary N) is 1. The fourth-order valence-corrected chi connectivity index (χ4v) is 4.58. The van der Waals surface area contributed by atoms with Crippen molar-refractivity contribution in [1.29, 1.82) is 0 Å². The Bertz CT molecular complexity index is 2080. The van der Waals surface area contributed by atoms with Gasteiger partial charge < -0.3 is 11.1 Å². The van der Waals surface area contributed by atoms with Crippen LogP contribution in [0.2, 0.25) is 0 Å². The molecule has 0 spiro atoms. The van der Waals surface area contributed by atoms with Crippen molar-refractivity contribution in [3.63, 3.8) is 0 Å². The largest absolute Gasteiger partial charge is 0.381 e. The summed E-state index contributed by atoms with van der Waals surface area (Å²) in [7, 11) is 1.85. The molecule has 12 heteroatoms. The van der Waals surface area contributed by atoms with Gasteiger partial charge in [0.05, 0.1) is 46.3 Å². The van der Waals surface area contributed by atoms with Crippen molar-refractivity contribution in [2.45, 2.75) is 19.9 Å². The fraction of sp³-hybridized carbons (Fsp3) is 0.138. The monoisotopic (exact) mass is 544 g/mol. The predicted molar refractivity (Wildman–Crippen MR) is 152 cm³/mol. The van der Waals surface area contributed by atoms with Crippen LogP contribution in [0.3, 0.4) is 0 Å². The zero-order valence-corrected chi connectivity index (χ0v) is 22.4. The molecule has 3 N–H and O–H groups in total. The number of carbonyl (C=O) groups is 1. The first-order valence-electron chi connectivity index (χ1n) is 12.7. The van der Waals surface area contributed by atoms with Gasteiger partial charge in [-0.05, 0) is 38.1 Å². The van der Waals surface area contributed by atoms with E-state index in [1.165, 1.54) is 21.6 Å². The summed E-state index contributed by atoms with van der Waals surface area (Å²) in [6, 6.07) is 13.8. The van der Waals surface area contributed by atoms with E-state index >= 15 is 0 Å². The van der Waals surface area contributed by atoms with Crippen LogP contribution in [0.4, 0.5) is 5.82 Å². The van der Waals surface area contributed by atoms with Crippen molar-refractivity contribution in [2.24, 2.45) is 7.05 Å². The third kappa shape index (κ3) is 4.45. The highest BCUT2D eigenvalue weighted by molar-refractivity contribution is 6.04. The molecule has 1 atom stereocenters. The molecule has 0 saturated carbocycles. The zero-order valence-electron chi connectivity index (χ0n) is 22.4. The van der Waals surface area contributed by atoms with Crippen molar-refractivity contribution in [3.8, 4) is 17.5 Å². The minimum Gasteiger partial charge on any atom is -0.381 e. The molecule has 2 aromatic carbocycles. The topological polar surface area (TPSA) is 151 Å². The summed E-state index contributed by atoms with van der Waals surface area (Å²) < 4.78 is 4.43. The number of nitrogens with zero attached hydrogens (tertiary/aromatic N) is 8. The van der Waals surface area contributed by atoms with Crippen LogP contribution in [-0.2, 0) is 7.05 Å². The Balaban J connectivity index is 1.48. The van der Waals surface area contributed by atoms with E-state index in [2.05, 4.69) is 37.4 Å². The Morgan fingerprint density at radius 3 is 2.56 bits per heavy atom. The lowest BCUT2D eigenvalue weighted by Gasteiger charge is -2.20. The molecule has 0 fully saturated rings. The maximum atomic E-state index is 14.2. The van der Waals surface area contributed by atoms with Gasteiger partial charge in [0.2, 0.25) is 0 Å². The molecule has 41 heavy (non-hydrogen) atoms. The van der Waals surface area contributed by atoms with Gasteiger partial charge in [0.25, 0.3) is 11.5 Å². The molecule has 6 aromatic rings. The molecule has 0 bridgehead atoms. The van der Waals surface area contributed by atoms with Crippen LogP contribution in [0, 0.1) is 18.8 Å². The van der Waals surface area contributed by atoms with Crippen LogP contribution in [0.15, 0.2) is 71.9 Å². The average molecular weight is 545 g/mol. The molecular weight excluding hydrogens is 520 g/mol. The molecule has 202 valence electrons. The molecule has 0 saturated heterocycles. The number of fused-ring (bicyclic) bond motifs is 2. The molecule has 0 aliphatic rings. The second-order valence-corrected chi connectivity index (χ2v) is 9.37. The number of nitrogen functional groups attached to an aromatic ring is 1. The first-order valence-corrected chi connectivity index (χ1v) is 12.7. The highest BCUT2D eigenvalue weighted by atomic mass is 16.2. The first-order chi connectivity index (χ1) is 19.8. The van der Waals surface area contributed by atoms with Gasteiger partial charge in [0.1, 0.15) is 11.4 Å². The van der Waals surface area contributed by atoms with Crippen molar-refractivity contribution in [1.82, 2.24) is 44.5 Å². The van der Waals surface area contributed by atoms with Gasteiger partial charge in [-0.2, -0.15) is 10.2 Å². The lowest BCUT2D eigenvalue weighted by molar-refractivity contribution is 0.0940. The molecule has 0 unspecified atom stereocenters. The summed E-state index contributed by atoms with van der Waals surface area (Å²) in [6.45, 7) is 3.67. The van der Waals surface area contributed by atoms with Crippen LogP contribution in [-0.4, -0.2) is 45.1 Å². The Labute approximate surface area is 233 Å². The number of benzene rings is 2. The molecule has 4 aromatic heterocycles. The maximum Gasteiger partial charge on any atom is 0.267 e. The van der Waals surface area contributed by atoms with Crippen molar-refractivity contribution in [3.05, 3.63) is 106 Å². The number of hydrogen-bond acceptors (Lipinski definition) is 8. The molecule has 0 aliphatic heterocycles. The number of amides is 1. The lowest BCUT2D eigenvalue weighted by atomic mass is 10.1. The third-order valence-corrected chi connectivity index (χ3v) is 6.78.